The lowest BCUT2D eigenvalue weighted by Gasteiger charge is -2.03. The molecule has 5 nitrogen and oxygen atoms in total. The zero-order chi connectivity index (χ0) is 12.0. The second kappa shape index (κ2) is 5.85. The minimum Gasteiger partial charge on any atom is -0.462 e. The van der Waals surface area contributed by atoms with Crippen molar-refractivity contribution in [3.05, 3.63) is 29.6 Å². The minimum atomic E-state index is -0.620. The first kappa shape index (κ1) is 12.2. The van der Waals surface area contributed by atoms with E-state index in [1.807, 2.05) is 6.92 Å². The molecule has 0 aliphatic heterocycles. The fraction of sp³-hybridized carbons (Fsp3) is 0.364. The molecule has 5 heteroatoms. The molecule has 1 amide bonds. The average Bonchev–Trinajstić information content (AvgIpc) is 2.29. The van der Waals surface area contributed by atoms with E-state index < -0.39 is 11.9 Å². The molecule has 86 valence electrons. The molecule has 0 radical (unpaired) electrons. The highest BCUT2D eigenvalue weighted by Gasteiger charge is 2.08. The van der Waals surface area contributed by atoms with Crippen molar-refractivity contribution in [1.82, 2.24) is 4.98 Å². The lowest BCUT2D eigenvalue weighted by molar-refractivity contribution is 0.0499. The van der Waals surface area contributed by atoms with E-state index in [2.05, 4.69) is 4.98 Å². The van der Waals surface area contributed by atoms with E-state index in [9.17, 15) is 9.59 Å². The van der Waals surface area contributed by atoms with E-state index in [1.165, 1.54) is 18.3 Å². The third kappa shape index (κ3) is 3.34. The van der Waals surface area contributed by atoms with E-state index in [4.69, 9.17) is 10.5 Å². The molecular formula is C11H14N2O3. The summed E-state index contributed by atoms with van der Waals surface area (Å²) in [6.07, 6.45) is 3.08. The Balaban J connectivity index is 2.59. The summed E-state index contributed by atoms with van der Waals surface area (Å²) in [5.74, 6) is -1.05. The molecule has 0 saturated carbocycles. The monoisotopic (exact) mass is 222 g/mol. The van der Waals surface area contributed by atoms with Crippen LogP contribution in [0.15, 0.2) is 18.3 Å². The van der Waals surface area contributed by atoms with Crippen LogP contribution in [0.2, 0.25) is 0 Å². The summed E-state index contributed by atoms with van der Waals surface area (Å²) in [6, 6.07) is 2.88. The second-order valence-electron chi connectivity index (χ2n) is 3.29. The number of amides is 1. The number of unbranched alkanes of at least 4 members (excludes halogenated alkanes) is 1. The molecule has 0 saturated heterocycles. The van der Waals surface area contributed by atoms with Crippen LogP contribution in [0.4, 0.5) is 0 Å². The summed E-state index contributed by atoms with van der Waals surface area (Å²) in [7, 11) is 0. The number of nitrogens with two attached hydrogens (primary N) is 1. The number of esters is 1. The van der Waals surface area contributed by atoms with Crippen molar-refractivity contribution in [2.75, 3.05) is 6.61 Å². The Kier molecular flexibility index (Phi) is 4.44. The summed E-state index contributed by atoms with van der Waals surface area (Å²) in [4.78, 5) is 25.9. The number of ether oxygens (including phenoxy) is 1. The molecule has 16 heavy (non-hydrogen) atoms. The van der Waals surface area contributed by atoms with Crippen LogP contribution in [0.25, 0.3) is 0 Å². The summed E-state index contributed by atoms with van der Waals surface area (Å²) in [5, 5.41) is 0. The molecule has 0 bridgehead atoms. The predicted molar refractivity (Wildman–Crippen MR) is 57.9 cm³/mol. The van der Waals surface area contributed by atoms with Gasteiger partial charge in [0.25, 0.3) is 5.91 Å². The Morgan fingerprint density at radius 2 is 2.19 bits per heavy atom. The van der Waals surface area contributed by atoms with E-state index in [0.717, 1.165) is 12.8 Å². The Morgan fingerprint density at radius 1 is 1.44 bits per heavy atom. The quantitative estimate of drug-likeness (QED) is 0.598. The van der Waals surface area contributed by atoms with Crippen LogP contribution in [-0.2, 0) is 4.74 Å². The maximum absolute atomic E-state index is 11.4. The predicted octanol–water partition coefficient (Wildman–Crippen LogP) is 1.14. The third-order valence-electron chi connectivity index (χ3n) is 1.98. The molecule has 0 unspecified atom stereocenters. The first-order chi connectivity index (χ1) is 7.65. The largest absolute Gasteiger partial charge is 0.462 e. The van der Waals surface area contributed by atoms with Crippen LogP contribution in [0, 0.1) is 0 Å². The first-order valence-electron chi connectivity index (χ1n) is 5.08. The third-order valence-corrected chi connectivity index (χ3v) is 1.98. The maximum Gasteiger partial charge on any atom is 0.339 e. The first-order valence-corrected chi connectivity index (χ1v) is 5.08. The molecule has 0 fully saturated rings. The van der Waals surface area contributed by atoms with Gasteiger partial charge < -0.3 is 10.5 Å². The highest BCUT2D eigenvalue weighted by atomic mass is 16.5. The Labute approximate surface area is 93.6 Å². The van der Waals surface area contributed by atoms with Crippen LogP contribution >= 0.6 is 0 Å². The normalized spacial score (nSPS) is 9.81. The van der Waals surface area contributed by atoms with E-state index in [1.54, 1.807) is 0 Å². The van der Waals surface area contributed by atoms with Crippen molar-refractivity contribution in [2.24, 2.45) is 5.73 Å². The van der Waals surface area contributed by atoms with Crippen LogP contribution in [0.1, 0.15) is 40.6 Å². The Hall–Kier alpha value is -1.91. The van der Waals surface area contributed by atoms with Gasteiger partial charge in [0.15, 0.2) is 0 Å². The zero-order valence-corrected chi connectivity index (χ0v) is 9.10. The molecule has 1 rings (SSSR count). The maximum atomic E-state index is 11.4. The number of hydrogen-bond acceptors (Lipinski definition) is 4. The van der Waals surface area contributed by atoms with Crippen molar-refractivity contribution in [3.8, 4) is 0 Å². The van der Waals surface area contributed by atoms with Crippen molar-refractivity contribution < 1.29 is 14.3 Å². The standard InChI is InChI=1S/C11H14N2O3/c1-2-3-6-16-11(15)8-4-5-9(10(12)14)13-7-8/h4-5,7H,2-3,6H2,1H3,(H2,12,14). The van der Waals surface area contributed by atoms with Gasteiger partial charge in [-0.2, -0.15) is 0 Å². The topological polar surface area (TPSA) is 82.3 Å². The Morgan fingerprint density at radius 3 is 2.69 bits per heavy atom. The van der Waals surface area contributed by atoms with E-state index in [0.29, 0.717) is 12.2 Å². The van der Waals surface area contributed by atoms with Crippen molar-refractivity contribution >= 4 is 11.9 Å². The minimum absolute atomic E-state index is 0.130. The van der Waals surface area contributed by atoms with Gasteiger partial charge in [0.1, 0.15) is 5.69 Å². The van der Waals surface area contributed by atoms with Crippen LogP contribution in [0.3, 0.4) is 0 Å². The zero-order valence-electron chi connectivity index (χ0n) is 9.10. The number of rotatable bonds is 5. The average molecular weight is 222 g/mol. The summed E-state index contributed by atoms with van der Waals surface area (Å²) < 4.78 is 4.97. The van der Waals surface area contributed by atoms with Gasteiger partial charge in [-0.25, -0.2) is 4.79 Å². The van der Waals surface area contributed by atoms with Crippen molar-refractivity contribution in [3.63, 3.8) is 0 Å². The second-order valence-corrected chi connectivity index (χ2v) is 3.29. The highest BCUT2D eigenvalue weighted by molar-refractivity contribution is 5.93. The van der Waals surface area contributed by atoms with Gasteiger partial charge in [-0.1, -0.05) is 13.3 Å². The fourth-order valence-corrected chi connectivity index (χ4v) is 1.05. The van der Waals surface area contributed by atoms with E-state index in [-0.39, 0.29) is 5.69 Å². The number of primary amides is 1. The lowest BCUT2D eigenvalue weighted by atomic mass is 10.2. The summed E-state index contributed by atoms with van der Waals surface area (Å²) >= 11 is 0. The van der Waals surface area contributed by atoms with Gasteiger partial charge in [0.05, 0.1) is 12.2 Å². The lowest BCUT2D eigenvalue weighted by Crippen LogP contribution is -2.14. The highest BCUT2D eigenvalue weighted by Crippen LogP contribution is 2.03. The van der Waals surface area contributed by atoms with Crippen LogP contribution in [-0.4, -0.2) is 23.5 Å². The molecule has 1 aromatic rings. The summed E-state index contributed by atoms with van der Waals surface area (Å²) in [5.41, 5.74) is 5.47. The molecule has 0 aliphatic rings. The molecule has 0 aliphatic carbocycles. The van der Waals surface area contributed by atoms with E-state index >= 15 is 0 Å². The summed E-state index contributed by atoms with van der Waals surface area (Å²) in [6.45, 7) is 2.41. The number of nitrogens with zero attached hydrogens (tertiary/aromatic N) is 1. The number of pyridine rings is 1. The molecule has 2 N–H and O–H groups in total. The number of aromatic nitrogens is 1. The molecule has 0 atom stereocenters. The molecule has 0 spiro atoms. The Bertz CT molecular complexity index is 373. The van der Waals surface area contributed by atoms with Gasteiger partial charge in [-0.15, -0.1) is 0 Å². The number of hydrogen-bond donors (Lipinski definition) is 1. The number of carbonyl (C=O) groups excluding carboxylic acids is 2. The van der Waals surface area contributed by atoms with Crippen LogP contribution < -0.4 is 5.73 Å². The molecule has 0 aromatic carbocycles. The molecule has 1 heterocycles. The van der Waals surface area contributed by atoms with Crippen molar-refractivity contribution in [2.45, 2.75) is 19.8 Å². The number of carbonyl (C=O) groups is 2. The van der Waals surface area contributed by atoms with Gasteiger partial charge >= 0.3 is 5.97 Å². The van der Waals surface area contributed by atoms with Gasteiger partial charge in [0.2, 0.25) is 0 Å². The van der Waals surface area contributed by atoms with Gasteiger partial charge in [0, 0.05) is 6.20 Å². The smallest absolute Gasteiger partial charge is 0.339 e. The molecular weight excluding hydrogens is 208 g/mol. The van der Waals surface area contributed by atoms with Crippen molar-refractivity contribution in [1.29, 1.82) is 0 Å². The van der Waals surface area contributed by atoms with Gasteiger partial charge in [-0.3, -0.25) is 9.78 Å². The van der Waals surface area contributed by atoms with Crippen LogP contribution in [0.5, 0.6) is 0 Å². The van der Waals surface area contributed by atoms with Gasteiger partial charge in [-0.05, 0) is 18.6 Å². The fourth-order valence-electron chi connectivity index (χ4n) is 1.05. The SMILES string of the molecule is CCCCOC(=O)c1ccc(C(N)=O)nc1. The molecule has 1 aromatic heterocycles.